The molecule has 15 heavy (non-hydrogen) atoms. The third-order valence-electron chi connectivity index (χ3n) is 1.79. The molecular formula is C10H19NO4. The van der Waals surface area contributed by atoms with E-state index in [0.717, 1.165) is 6.42 Å². The molecule has 0 aromatic heterocycles. The van der Waals surface area contributed by atoms with Crippen molar-refractivity contribution in [3.63, 3.8) is 0 Å². The average Bonchev–Trinajstić information content (AvgIpc) is 2.23. The van der Waals surface area contributed by atoms with Gasteiger partial charge in [-0.1, -0.05) is 6.92 Å². The van der Waals surface area contributed by atoms with Crippen LogP contribution in [0.25, 0.3) is 0 Å². The molecule has 0 unspecified atom stereocenters. The van der Waals surface area contributed by atoms with Crippen molar-refractivity contribution in [1.82, 2.24) is 4.90 Å². The van der Waals surface area contributed by atoms with E-state index in [1.807, 2.05) is 6.92 Å². The molecule has 0 aliphatic heterocycles. The van der Waals surface area contributed by atoms with Gasteiger partial charge in [-0.3, -0.25) is 14.5 Å². The second kappa shape index (κ2) is 8.23. The van der Waals surface area contributed by atoms with E-state index in [2.05, 4.69) is 4.74 Å². The van der Waals surface area contributed by atoms with Gasteiger partial charge in [0.15, 0.2) is 0 Å². The summed E-state index contributed by atoms with van der Waals surface area (Å²) in [6.07, 6.45) is 1.12. The monoisotopic (exact) mass is 217 g/mol. The van der Waals surface area contributed by atoms with E-state index in [9.17, 15) is 9.59 Å². The zero-order valence-corrected chi connectivity index (χ0v) is 9.62. The first-order valence-electron chi connectivity index (χ1n) is 5.01. The number of carbonyl (C=O) groups is 2. The molecule has 0 saturated carbocycles. The third kappa shape index (κ3) is 7.93. The molecule has 0 fully saturated rings. The fourth-order valence-corrected chi connectivity index (χ4v) is 0.934. The predicted octanol–water partition coefficient (Wildman–Crippen LogP) is 0.434. The Morgan fingerprint density at radius 1 is 1.27 bits per heavy atom. The molecule has 0 aromatic carbocycles. The number of rotatable bonds is 7. The maximum absolute atomic E-state index is 11.1. The molecule has 0 aliphatic carbocycles. The maximum atomic E-state index is 11.1. The fourth-order valence-electron chi connectivity index (χ4n) is 0.934. The van der Waals surface area contributed by atoms with Crippen molar-refractivity contribution in [3.8, 4) is 0 Å². The van der Waals surface area contributed by atoms with E-state index in [1.165, 1.54) is 7.11 Å². The smallest absolute Gasteiger partial charge is 0.319 e. The number of methoxy groups -OCH3 is 1. The van der Waals surface area contributed by atoms with Crippen LogP contribution in [0.3, 0.4) is 0 Å². The highest BCUT2D eigenvalue weighted by Crippen LogP contribution is 1.92. The number of nitrogens with zero attached hydrogens (tertiary/aromatic N) is 1. The Balaban J connectivity index is 3.56. The van der Waals surface area contributed by atoms with Gasteiger partial charge in [0, 0.05) is 6.54 Å². The first kappa shape index (κ1) is 13.9. The third-order valence-corrected chi connectivity index (χ3v) is 1.79. The van der Waals surface area contributed by atoms with Crippen LogP contribution in [0, 0.1) is 0 Å². The first-order valence-corrected chi connectivity index (χ1v) is 5.01. The highest BCUT2D eigenvalue weighted by molar-refractivity contribution is 5.72. The largest absolute Gasteiger partial charge is 0.468 e. The molecule has 0 radical (unpaired) electrons. The van der Waals surface area contributed by atoms with Crippen LogP contribution in [0.4, 0.5) is 0 Å². The van der Waals surface area contributed by atoms with Crippen LogP contribution in [0.1, 0.15) is 19.8 Å². The second-order valence-corrected chi connectivity index (χ2v) is 3.28. The summed E-state index contributed by atoms with van der Waals surface area (Å²) in [7, 11) is 3.09. The lowest BCUT2D eigenvalue weighted by atomic mass is 10.4. The summed E-state index contributed by atoms with van der Waals surface area (Å²) in [5.41, 5.74) is 0. The van der Waals surface area contributed by atoms with Crippen LogP contribution in [-0.2, 0) is 19.1 Å². The van der Waals surface area contributed by atoms with E-state index in [4.69, 9.17) is 4.74 Å². The first-order chi connectivity index (χ1) is 7.10. The number of carbonyl (C=O) groups excluding carboxylic acids is 2. The summed E-state index contributed by atoms with van der Waals surface area (Å²) in [4.78, 5) is 23.7. The molecule has 88 valence electrons. The number of hydrogen-bond donors (Lipinski definition) is 0. The van der Waals surface area contributed by atoms with Gasteiger partial charge < -0.3 is 9.47 Å². The summed E-state index contributed by atoms with van der Waals surface area (Å²) in [5, 5.41) is 0. The summed E-state index contributed by atoms with van der Waals surface area (Å²) in [5.74, 6) is -0.534. The topological polar surface area (TPSA) is 55.8 Å². The molecule has 0 saturated heterocycles. The van der Waals surface area contributed by atoms with E-state index < -0.39 is 0 Å². The van der Waals surface area contributed by atoms with Crippen LogP contribution >= 0.6 is 0 Å². The van der Waals surface area contributed by atoms with Gasteiger partial charge >= 0.3 is 11.9 Å². The van der Waals surface area contributed by atoms with E-state index >= 15 is 0 Å². The van der Waals surface area contributed by atoms with Crippen LogP contribution < -0.4 is 0 Å². The number of hydrogen-bond acceptors (Lipinski definition) is 5. The molecule has 0 N–H and O–H groups in total. The molecule has 0 spiro atoms. The standard InChI is InChI=1S/C10H19NO4/c1-4-7-15-9(12)5-6-11(2)8-10(13)14-3/h4-8H2,1-3H3. The summed E-state index contributed by atoms with van der Waals surface area (Å²) in [6, 6.07) is 0. The normalized spacial score (nSPS) is 10.1. The van der Waals surface area contributed by atoms with Gasteiger partial charge in [-0.05, 0) is 13.5 Å². The van der Waals surface area contributed by atoms with Crippen molar-refractivity contribution in [1.29, 1.82) is 0 Å². The van der Waals surface area contributed by atoms with E-state index in [-0.39, 0.29) is 18.5 Å². The number of esters is 2. The zero-order valence-electron chi connectivity index (χ0n) is 9.62. The summed E-state index contributed by atoms with van der Waals surface area (Å²) >= 11 is 0. The minimum Gasteiger partial charge on any atom is -0.468 e. The molecule has 0 aromatic rings. The molecule has 5 heteroatoms. The van der Waals surface area contributed by atoms with Crippen molar-refractivity contribution in [2.75, 3.05) is 33.9 Å². The minimum absolute atomic E-state index is 0.192. The molecule has 0 bridgehead atoms. The van der Waals surface area contributed by atoms with Crippen molar-refractivity contribution in [2.45, 2.75) is 19.8 Å². The molecule has 0 rings (SSSR count). The molecular weight excluding hydrogens is 198 g/mol. The molecule has 0 heterocycles. The van der Waals surface area contributed by atoms with Gasteiger partial charge in [-0.25, -0.2) is 0 Å². The minimum atomic E-state index is -0.306. The lowest BCUT2D eigenvalue weighted by Crippen LogP contribution is -2.29. The van der Waals surface area contributed by atoms with Gasteiger partial charge in [0.1, 0.15) is 0 Å². The van der Waals surface area contributed by atoms with Gasteiger partial charge in [0.05, 0.1) is 26.7 Å². The van der Waals surface area contributed by atoms with Crippen LogP contribution in [-0.4, -0.2) is 50.7 Å². The Bertz CT molecular complexity index is 206. The van der Waals surface area contributed by atoms with Gasteiger partial charge in [-0.2, -0.15) is 0 Å². The van der Waals surface area contributed by atoms with Crippen molar-refractivity contribution in [3.05, 3.63) is 0 Å². The molecule has 0 amide bonds. The fraction of sp³-hybridized carbons (Fsp3) is 0.800. The van der Waals surface area contributed by atoms with Crippen LogP contribution in [0.2, 0.25) is 0 Å². The van der Waals surface area contributed by atoms with E-state index in [1.54, 1.807) is 11.9 Å². The quantitative estimate of drug-likeness (QED) is 0.579. The molecule has 0 aliphatic rings. The van der Waals surface area contributed by atoms with Gasteiger partial charge in [0.25, 0.3) is 0 Å². The Hall–Kier alpha value is -1.10. The number of ether oxygens (including phenoxy) is 2. The van der Waals surface area contributed by atoms with E-state index in [0.29, 0.717) is 19.6 Å². The van der Waals surface area contributed by atoms with Crippen LogP contribution in [0.15, 0.2) is 0 Å². The highest BCUT2D eigenvalue weighted by Gasteiger charge is 2.08. The van der Waals surface area contributed by atoms with Gasteiger partial charge in [-0.15, -0.1) is 0 Å². The molecule has 5 nitrogen and oxygen atoms in total. The zero-order chi connectivity index (χ0) is 11.7. The second-order valence-electron chi connectivity index (χ2n) is 3.28. The lowest BCUT2D eigenvalue weighted by molar-refractivity contribution is -0.145. The summed E-state index contributed by atoms with van der Waals surface area (Å²) in [6.45, 7) is 3.09. The number of likely N-dealkylation sites (N-methyl/N-ethyl adjacent to an activating group) is 1. The SMILES string of the molecule is CCCOC(=O)CCN(C)CC(=O)OC. The lowest BCUT2D eigenvalue weighted by Gasteiger charge is -2.14. The Labute approximate surface area is 90.3 Å². The Kier molecular flexibility index (Phi) is 7.62. The maximum Gasteiger partial charge on any atom is 0.319 e. The van der Waals surface area contributed by atoms with Crippen molar-refractivity contribution >= 4 is 11.9 Å². The average molecular weight is 217 g/mol. The highest BCUT2D eigenvalue weighted by atomic mass is 16.5. The Morgan fingerprint density at radius 2 is 1.93 bits per heavy atom. The van der Waals surface area contributed by atoms with Crippen LogP contribution in [0.5, 0.6) is 0 Å². The van der Waals surface area contributed by atoms with Crippen molar-refractivity contribution < 1.29 is 19.1 Å². The Morgan fingerprint density at radius 3 is 2.47 bits per heavy atom. The van der Waals surface area contributed by atoms with Crippen molar-refractivity contribution in [2.24, 2.45) is 0 Å². The predicted molar refractivity (Wildman–Crippen MR) is 55.4 cm³/mol. The summed E-state index contributed by atoms with van der Waals surface area (Å²) < 4.78 is 9.39. The molecule has 0 atom stereocenters. The van der Waals surface area contributed by atoms with Gasteiger partial charge in [0.2, 0.25) is 0 Å².